The van der Waals surface area contributed by atoms with Crippen LogP contribution in [0.15, 0.2) is 12.3 Å². The first-order chi connectivity index (χ1) is 5.41. The van der Waals surface area contributed by atoms with Gasteiger partial charge in [-0.15, -0.1) is 0 Å². The Morgan fingerprint density at radius 2 is 1.75 bits per heavy atom. The van der Waals surface area contributed by atoms with E-state index in [0.29, 0.717) is 10.0 Å². The third-order valence-corrected chi connectivity index (χ3v) is 7.45. The SMILES string of the molecule is [CH3][Sn]([CH3])([CH3])[c]1cc(Cl)c(Cl)cn1. The second-order valence-electron chi connectivity index (χ2n) is 3.73. The van der Waals surface area contributed by atoms with Crippen molar-refractivity contribution in [3.63, 3.8) is 0 Å². The molecule has 1 rings (SSSR count). The average Bonchev–Trinajstić information content (AvgIpc) is 1.92. The van der Waals surface area contributed by atoms with Crippen LogP contribution in [-0.4, -0.2) is 23.4 Å². The Morgan fingerprint density at radius 3 is 2.17 bits per heavy atom. The van der Waals surface area contributed by atoms with Gasteiger partial charge in [0.1, 0.15) is 0 Å². The van der Waals surface area contributed by atoms with Crippen molar-refractivity contribution in [2.75, 3.05) is 0 Å². The van der Waals surface area contributed by atoms with Crippen molar-refractivity contribution in [3.05, 3.63) is 22.3 Å². The Hall–Kier alpha value is 0.529. The summed E-state index contributed by atoms with van der Waals surface area (Å²) in [4.78, 5) is 11.2. The molecule has 0 aliphatic heterocycles. The van der Waals surface area contributed by atoms with Crippen LogP contribution < -0.4 is 3.71 Å². The molecule has 1 aromatic heterocycles. The van der Waals surface area contributed by atoms with Gasteiger partial charge < -0.3 is 0 Å². The molecule has 12 heavy (non-hydrogen) atoms. The van der Waals surface area contributed by atoms with Gasteiger partial charge >= 0.3 is 87.4 Å². The van der Waals surface area contributed by atoms with Gasteiger partial charge in [-0.2, -0.15) is 0 Å². The van der Waals surface area contributed by atoms with Gasteiger partial charge in [0.05, 0.1) is 0 Å². The van der Waals surface area contributed by atoms with Crippen LogP contribution in [0.1, 0.15) is 0 Å². The van der Waals surface area contributed by atoms with Crippen LogP contribution >= 0.6 is 23.2 Å². The van der Waals surface area contributed by atoms with Gasteiger partial charge in [0.25, 0.3) is 0 Å². The summed E-state index contributed by atoms with van der Waals surface area (Å²) in [7, 11) is 0. The van der Waals surface area contributed by atoms with E-state index in [4.69, 9.17) is 23.2 Å². The summed E-state index contributed by atoms with van der Waals surface area (Å²) in [6.45, 7) is 0. The molecule has 0 bridgehead atoms. The first kappa shape index (κ1) is 10.6. The summed E-state index contributed by atoms with van der Waals surface area (Å²) >= 11 is 9.60. The monoisotopic (exact) mass is 311 g/mol. The average molecular weight is 311 g/mol. The Kier molecular flexibility index (Phi) is 3.29. The van der Waals surface area contributed by atoms with E-state index in [2.05, 4.69) is 19.8 Å². The topological polar surface area (TPSA) is 12.9 Å². The molecule has 0 spiro atoms. The molecule has 0 saturated heterocycles. The third-order valence-electron chi connectivity index (χ3n) is 1.58. The molecule has 0 aliphatic carbocycles. The molecular formula is C8H11Cl2NSn. The van der Waals surface area contributed by atoms with Crippen LogP contribution in [0.2, 0.25) is 24.9 Å². The first-order valence-corrected chi connectivity index (χ1v) is 14.5. The molecule has 66 valence electrons. The number of hydrogen-bond donors (Lipinski definition) is 0. The molecule has 0 aliphatic rings. The minimum atomic E-state index is -2.04. The van der Waals surface area contributed by atoms with Gasteiger partial charge in [-0.3, -0.25) is 0 Å². The number of hydrogen-bond acceptors (Lipinski definition) is 1. The van der Waals surface area contributed by atoms with Crippen molar-refractivity contribution in [2.45, 2.75) is 14.8 Å². The molecule has 0 aromatic carbocycles. The van der Waals surface area contributed by atoms with Crippen LogP contribution in [0.5, 0.6) is 0 Å². The Labute approximate surface area is 87.0 Å². The Bertz CT molecular complexity index is 294. The predicted octanol–water partition coefficient (Wildman–Crippen LogP) is 2.93. The van der Waals surface area contributed by atoms with E-state index < -0.39 is 18.4 Å². The Balaban J connectivity index is 3.14. The number of rotatable bonds is 1. The molecule has 0 radical (unpaired) electrons. The van der Waals surface area contributed by atoms with Crippen molar-refractivity contribution in [2.24, 2.45) is 0 Å². The minimum absolute atomic E-state index is 0.538. The summed E-state index contributed by atoms with van der Waals surface area (Å²) in [5, 5.41) is 1.16. The molecule has 0 unspecified atom stereocenters. The predicted molar refractivity (Wildman–Crippen MR) is 57.2 cm³/mol. The van der Waals surface area contributed by atoms with Crippen LogP contribution in [0.3, 0.4) is 0 Å². The molecule has 0 atom stereocenters. The van der Waals surface area contributed by atoms with E-state index in [1.54, 1.807) is 6.20 Å². The van der Waals surface area contributed by atoms with E-state index >= 15 is 0 Å². The van der Waals surface area contributed by atoms with Gasteiger partial charge in [-0.1, -0.05) is 0 Å². The first-order valence-electron chi connectivity index (χ1n) is 3.73. The van der Waals surface area contributed by atoms with Gasteiger partial charge in [-0.05, 0) is 0 Å². The molecule has 1 heterocycles. The van der Waals surface area contributed by atoms with E-state index in [9.17, 15) is 0 Å². The number of nitrogens with zero attached hydrogens (tertiary/aromatic N) is 1. The summed E-state index contributed by atoms with van der Waals surface area (Å²) in [6.07, 6.45) is 1.64. The molecule has 0 N–H and O–H groups in total. The normalized spacial score (nSPS) is 11.8. The zero-order valence-corrected chi connectivity index (χ0v) is 11.7. The van der Waals surface area contributed by atoms with Crippen LogP contribution in [0.25, 0.3) is 0 Å². The Morgan fingerprint density at radius 1 is 1.17 bits per heavy atom. The fourth-order valence-electron chi connectivity index (χ4n) is 0.824. The molecule has 1 aromatic rings. The third kappa shape index (κ3) is 2.51. The van der Waals surface area contributed by atoms with Crippen molar-refractivity contribution < 1.29 is 0 Å². The van der Waals surface area contributed by atoms with E-state index in [0.717, 1.165) is 0 Å². The van der Waals surface area contributed by atoms with Crippen molar-refractivity contribution in [1.82, 2.24) is 4.98 Å². The van der Waals surface area contributed by atoms with Crippen molar-refractivity contribution in [1.29, 1.82) is 0 Å². The summed E-state index contributed by atoms with van der Waals surface area (Å²) in [5.74, 6) is 0. The maximum absolute atomic E-state index is 5.88. The quantitative estimate of drug-likeness (QED) is 0.727. The van der Waals surface area contributed by atoms with E-state index in [1.807, 2.05) is 6.07 Å². The zero-order chi connectivity index (χ0) is 9.35. The van der Waals surface area contributed by atoms with E-state index in [1.165, 1.54) is 3.71 Å². The van der Waals surface area contributed by atoms with Gasteiger partial charge in [0, 0.05) is 0 Å². The summed E-state index contributed by atoms with van der Waals surface area (Å²) < 4.78 is 1.17. The molecule has 0 saturated carbocycles. The van der Waals surface area contributed by atoms with Gasteiger partial charge in [0.2, 0.25) is 0 Å². The molecule has 4 heteroatoms. The van der Waals surface area contributed by atoms with Crippen LogP contribution in [0, 0.1) is 0 Å². The van der Waals surface area contributed by atoms with Gasteiger partial charge in [0.15, 0.2) is 0 Å². The molecule has 0 fully saturated rings. The molecular weight excluding hydrogens is 300 g/mol. The van der Waals surface area contributed by atoms with Crippen LogP contribution in [-0.2, 0) is 0 Å². The fraction of sp³-hybridized carbons (Fsp3) is 0.375. The second kappa shape index (κ2) is 3.72. The fourth-order valence-corrected chi connectivity index (χ4v) is 4.28. The summed E-state index contributed by atoms with van der Waals surface area (Å²) in [6, 6.07) is 1.90. The zero-order valence-electron chi connectivity index (χ0n) is 7.36. The standard InChI is InChI=1S/C5H2Cl2N.3CH3.Sn/c6-4-1-2-8-3-5(4)7;;;;/h1,3H;3*1H3;. The molecule has 0 amide bonds. The number of aromatic nitrogens is 1. The second-order valence-corrected chi connectivity index (χ2v) is 18.9. The van der Waals surface area contributed by atoms with Gasteiger partial charge in [-0.25, -0.2) is 0 Å². The van der Waals surface area contributed by atoms with E-state index in [-0.39, 0.29) is 0 Å². The number of pyridine rings is 1. The molecule has 1 nitrogen and oxygen atoms in total. The summed E-state index contributed by atoms with van der Waals surface area (Å²) in [5.41, 5.74) is 0. The van der Waals surface area contributed by atoms with Crippen molar-refractivity contribution in [3.8, 4) is 0 Å². The maximum atomic E-state index is 5.88. The van der Waals surface area contributed by atoms with Crippen LogP contribution in [0.4, 0.5) is 0 Å². The van der Waals surface area contributed by atoms with Crippen molar-refractivity contribution >= 4 is 45.3 Å². The number of halogens is 2.